The van der Waals surface area contributed by atoms with E-state index in [1.807, 2.05) is 55.5 Å². The van der Waals surface area contributed by atoms with Gasteiger partial charge in [-0.25, -0.2) is 9.48 Å². The highest BCUT2D eigenvalue weighted by Crippen LogP contribution is 2.38. The van der Waals surface area contributed by atoms with Crippen molar-refractivity contribution in [2.24, 2.45) is 11.3 Å². The van der Waals surface area contributed by atoms with Crippen LogP contribution in [0.1, 0.15) is 73.4 Å². The van der Waals surface area contributed by atoms with Crippen molar-refractivity contribution in [1.29, 1.82) is 0 Å². The lowest BCUT2D eigenvalue weighted by atomic mass is 9.70. The van der Waals surface area contributed by atoms with E-state index in [1.54, 1.807) is 17.7 Å². The Hall–Kier alpha value is -3.41. The predicted molar refractivity (Wildman–Crippen MR) is 138 cm³/mol. The van der Waals surface area contributed by atoms with E-state index in [9.17, 15) is 9.59 Å². The average molecular weight is 474 g/mol. The molecule has 1 saturated carbocycles. The topological polar surface area (TPSA) is 73.2 Å². The molecule has 1 aliphatic rings. The molecule has 1 amide bonds. The SMILES string of the molecule is CCOC(=O)c1cc(-c2ccccc2C)n(-c2ccc(C(=O)N[C@H]3C[C@@H](C)CC(C)(C)C3)cc2)n1. The van der Waals surface area contributed by atoms with E-state index in [-0.39, 0.29) is 29.7 Å². The molecule has 6 heteroatoms. The van der Waals surface area contributed by atoms with Crippen molar-refractivity contribution in [2.75, 3.05) is 6.61 Å². The van der Waals surface area contributed by atoms with Crippen molar-refractivity contribution in [2.45, 2.75) is 59.9 Å². The minimum atomic E-state index is -0.457. The van der Waals surface area contributed by atoms with Crippen LogP contribution < -0.4 is 5.32 Å². The van der Waals surface area contributed by atoms with Gasteiger partial charge in [0, 0.05) is 17.2 Å². The van der Waals surface area contributed by atoms with Gasteiger partial charge in [-0.1, -0.05) is 45.0 Å². The number of amides is 1. The van der Waals surface area contributed by atoms with E-state index in [2.05, 4.69) is 31.2 Å². The molecular weight excluding hydrogens is 438 g/mol. The predicted octanol–water partition coefficient (Wildman–Crippen LogP) is 5.97. The Morgan fingerprint density at radius 3 is 2.49 bits per heavy atom. The molecule has 3 aromatic rings. The number of carbonyl (C=O) groups excluding carboxylic acids is 2. The van der Waals surface area contributed by atoms with Crippen LogP contribution in [0.4, 0.5) is 0 Å². The second-order valence-corrected chi connectivity index (χ2v) is 10.5. The molecule has 1 heterocycles. The summed E-state index contributed by atoms with van der Waals surface area (Å²) < 4.78 is 6.91. The van der Waals surface area contributed by atoms with Crippen molar-refractivity contribution < 1.29 is 14.3 Å². The summed E-state index contributed by atoms with van der Waals surface area (Å²) in [4.78, 5) is 25.4. The fourth-order valence-corrected chi connectivity index (χ4v) is 5.41. The minimum absolute atomic E-state index is 0.0572. The van der Waals surface area contributed by atoms with Gasteiger partial charge in [0.25, 0.3) is 5.91 Å². The third kappa shape index (κ3) is 5.64. The van der Waals surface area contributed by atoms with Crippen LogP contribution in [-0.4, -0.2) is 34.3 Å². The van der Waals surface area contributed by atoms with Gasteiger partial charge in [0.1, 0.15) is 0 Å². The van der Waals surface area contributed by atoms with Crippen molar-refractivity contribution in [3.05, 3.63) is 71.4 Å². The summed E-state index contributed by atoms with van der Waals surface area (Å²) >= 11 is 0. The van der Waals surface area contributed by atoms with Crippen LogP contribution in [0.25, 0.3) is 16.9 Å². The molecule has 1 aromatic heterocycles. The number of aryl methyl sites for hydroxylation is 1. The number of nitrogens with zero attached hydrogens (tertiary/aromatic N) is 2. The molecule has 1 aliphatic carbocycles. The zero-order valence-corrected chi connectivity index (χ0v) is 21.3. The molecule has 0 spiro atoms. The third-order valence-corrected chi connectivity index (χ3v) is 6.71. The lowest BCUT2D eigenvalue weighted by molar-refractivity contribution is 0.0518. The summed E-state index contributed by atoms with van der Waals surface area (Å²) in [6.07, 6.45) is 3.19. The number of esters is 1. The number of ether oxygens (including phenoxy) is 1. The summed E-state index contributed by atoms with van der Waals surface area (Å²) in [6.45, 7) is 10.9. The fourth-order valence-electron chi connectivity index (χ4n) is 5.41. The fraction of sp³-hybridized carbons (Fsp3) is 0.414. The number of carbonyl (C=O) groups is 2. The van der Waals surface area contributed by atoms with Gasteiger partial charge in [-0.05, 0) is 80.3 Å². The monoisotopic (exact) mass is 473 g/mol. The molecule has 2 atom stereocenters. The van der Waals surface area contributed by atoms with Crippen LogP contribution in [0, 0.1) is 18.3 Å². The molecule has 0 unspecified atom stereocenters. The zero-order chi connectivity index (χ0) is 25.2. The molecular formula is C29H35N3O3. The van der Waals surface area contributed by atoms with Crippen LogP contribution in [-0.2, 0) is 4.74 Å². The first kappa shape index (κ1) is 24.7. The second kappa shape index (κ2) is 10.1. The highest BCUT2D eigenvalue weighted by Gasteiger charge is 2.32. The molecule has 0 saturated heterocycles. The van der Waals surface area contributed by atoms with Gasteiger partial charge in [-0.3, -0.25) is 4.79 Å². The lowest BCUT2D eigenvalue weighted by Crippen LogP contribution is -2.42. The summed E-state index contributed by atoms with van der Waals surface area (Å²) in [5.41, 5.74) is 4.71. The van der Waals surface area contributed by atoms with E-state index in [0.29, 0.717) is 11.5 Å². The van der Waals surface area contributed by atoms with Crippen LogP contribution >= 0.6 is 0 Å². The molecule has 0 radical (unpaired) electrons. The van der Waals surface area contributed by atoms with Crippen LogP contribution in [0.5, 0.6) is 0 Å². The third-order valence-electron chi connectivity index (χ3n) is 6.71. The largest absolute Gasteiger partial charge is 0.461 e. The van der Waals surface area contributed by atoms with E-state index >= 15 is 0 Å². The average Bonchev–Trinajstić information content (AvgIpc) is 3.23. The van der Waals surface area contributed by atoms with Gasteiger partial charge in [0.15, 0.2) is 5.69 Å². The van der Waals surface area contributed by atoms with Crippen molar-refractivity contribution in [1.82, 2.24) is 15.1 Å². The first-order valence-electron chi connectivity index (χ1n) is 12.4. The summed E-state index contributed by atoms with van der Waals surface area (Å²) in [5.74, 6) is 0.0830. The van der Waals surface area contributed by atoms with E-state index in [1.165, 1.54) is 6.42 Å². The number of aromatic nitrogens is 2. The highest BCUT2D eigenvalue weighted by molar-refractivity contribution is 5.94. The van der Waals surface area contributed by atoms with Crippen LogP contribution in [0.2, 0.25) is 0 Å². The molecule has 0 bridgehead atoms. The Morgan fingerprint density at radius 2 is 1.83 bits per heavy atom. The minimum Gasteiger partial charge on any atom is -0.461 e. The first-order valence-corrected chi connectivity index (χ1v) is 12.4. The number of nitrogens with one attached hydrogen (secondary N) is 1. The Bertz CT molecular complexity index is 1210. The Morgan fingerprint density at radius 1 is 1.11 bits per heavy atom. The number of hydrogen-bond acceptors (Lipinski definition) is 4. The van der Waals surface area contributed by atoms with E-state index in [0.717, 1.165) is 35.3 Å². The smallest absolute Gasteiger partial charge is 0.358 e. The highest BCUT2D eigenvalue weighted by atomic mass is 16.5. The molecule has 184 valence electrons. The standard InChI is InChI=1S/C29H35N3O3/c1-6-35-28(34)25-16-26(24-10-8-7-9-20(24)3)32(31-25)23-13-11-21(12-14-23)27(33)30-22-15-19(2)17-29(4,5)18-22/h7-14,16,19,22H,6,15,17-18H2,1-5H3,(H,30,33)/t19-,22+/m1/s1. The van der Waals surface area contributed by atoms with Crippen LogP contribution in [0.3, 0.4) is 0 Å². The molecule has 1 N–H and O–H groups in total. The molecule has 2 aromatic carbocycles. The molecule has 6 nitrogen and oxygen atoms in total. The normalized spacial score (nSPS) is 19.2. The molecule has 4 rings (SSSR count). The van der Waals surface area contributed by atoms with Crippen LogP contribution in [0.15, 0.2) is 54.6 Å². The van der Waals surface area contributed by atoms with Gasteiger partial charge in [0.2, 0.25) is 0 Å². The second-order valence-electron chi connectivity index (χ2n) is 10.5. The van der Waals surface area contributed by atoms with Gasteiger partial charge < -0.3 is 10.1 Å². The zero-order valence-electron chi connectivity index (χ0n) is 21.3. The lowest BCUT2D eigenvalue weighted by Gasteiger charge is -2.39. The maximum atomic E-state index is 13.0. The van der Waals surface area contributed by atoms with Crippen molar-refractivity contribution >= 4 is 11.9 Å². The van der Waals surface area contributed by atoms with Crippen molar-refractivity contribution in [3.8, 4) is 16.9 Å². The molecule has 1 fully saturated rings. The van der Waals surface area contributed by atoms with Crippen molar-refractivity contribution in [3.63, 3.8) is 0 Å². The number of benzene rings is 2. The van der Waals surface area contributed by atoms with Gasteiger partial charge >= 0.3 is 5.97 Å². The summed E-state index contributed by atoms with van der Waals surface area (Å²) in [6, 6.07) is 17.3. The quantitative estimate of drug-likeness (QED) is 0.448. The maximum Gasteiger partial charge on any atom is 0.358 e. The maximum absolute atomic E-state index is 13.0. The molecule has 0 aliphatic heterocycles. The van der Waals surface area contributed by atoms with E-state index in [4.69, 9.17) is 4.74 Å². The summed E-state index contributed by atoms with van der Waals surface area (Å²) in [7, 11) is 0. The number of rotatable bonds is 6. The van der Waals surface area contributed by atoms with Gasteiger partial charge in [0.05, 0.1) is 18.0 Å². The van der Waals surface area contributed by atoms with Gasteiger partial charge in [-0.2, -0.15) is 5.10 Å². The first-order chi connectivity index (χ1) is 16.7. The Labute approximate surface area is 207 Å². The summed E-state index contributed by atoms with van der Waals surface area (Å²) in [5, 5.41) is 7.79. The molecule has 35 heavy (non-hydrogen) atoms. The van der Waals surface area contributed by atoms with E-state index < -0.39 is 5.97 Å². The van der Waals surface area contributed by atoms with Gasteiger partial charge in [-0.15, -0.1) is 0 Å². The number of hydrogen-bond donors (Lipinski definition) is 1. The Kier molecular flexibility index (Phi) is 7.10. The Balaban J connectivity index is 1.60.